The third-order valence-corrected chi connectivity index (χ3v) is 4.37. The van der Waals surface area contributed by atoms with Gasteiger partial charge in [0.25, 0.3) is 0 Å². The smallest absolute Gasteiger partial charge is 0.230 e. The fourth-order valence-electron chi connectivity index (χ4n) is 2.90. The summed E-state index contributed by atoms with van der Waals surface area (Å²) in [7, 11) is 3.28. The van der Waals surface area contributed by atoms with Crippen molar-refractivity contribution in [2.45, 2.75) is 26.4 Å². The Hall–Kier alpha value is -2.86. The summed E-state index contributed by atoms with van der Waals surface area (Å²) in [5.41, 5.74) is 2.30. The number of methoxy groups -OCH3 is 2. The van der Waals surface area contributed by atoms with Crippen molar-refractivity contribution in [2.75, 3.05) is 20.8 Å². The zero-order chi connectivity index (χ0) is 19.1. The Morgan fingerprint density at radius 3 is 2.30 bits per heavy atom. The molecule has 6 heteroatoms. The molecule has 0 amide bonds. The molecule has 0 N–H and O–H groups in total. The van der Waals surface area contributed by atoms with Crippen LogP contribution in [0.15, 0.2) is 52.9 Å². The van der Waals surface area contributed by atoms with E-state index in [0.717, 1.165) is 35.7 Å². The lowest BCUT2D eigenvalue weighted by atomic mass is 10.2. The molecule has 142 valence electrons. The maximum Gasteiger partial charge on any atom is 0.230 e. The van der Waals surface area contributed by atoms with Crippen LogP contribution in [-0.4, -0.2) is 35.9 Å². The quantitative estimate of drug-likeness (QED) is 0.575. The summed E-state index contributed by atoms with van der Waals surface area (Å²) in [6, 6.07) is 16.1. The zero-order valence-electron chi connectivity index (χ0n) is 16.0. The third kappa shape index (κ3) is 5.08. The molecule has 0 aliphatic carbocycles. The monoisotopic (exact) mass is 367 g/mol. The van der Waals surface area contributed by atoms with Crippen LogP contribution < -0.4 is 9.47 Å². The molecule has 0 saturated heterocycles. The highest BCUT2D eigenvalue weighted by molar-refractivity contribution is 5.42. The fourth-order valence-corrected chi connectivity index (χ4v) is 2.90. The van der Waals surface area contributed by atoms with Crippen LogP contribution in [0.3, 0.4) is 0 Å². The Morgan fingerprint density at radius 1 is 0.852 bits per heavy atom. The lowest BCUT2D eigenvalue weighted by Crippen LogP contribution is -2.22. The highest BCUT2D eigenvalue weighted by Crippen LogP contribution is 2.28. The SMILES string of the molecule is CCN(Cc1ccc(OC)c(OC)c1)Cc1nnc(Cc2ccccc2)o1. The fraction of sp³-hybridized carbons (Fsp3) is 0.333. The van der Waals surface area contributed by atoms with E-state index in [0.29, 0.717) is 24.7 Å². The van der Waals surface area contributed by atoms with Gasteiger partial charge >= 0.3 is 0 Å². The van der Waals surface area contributed by atoms with Gasteiger partial charge in [0.15, 0.2) is 11.5 Å². The molecular weight excluding hydrogens is 342 g/mol. The maximum absolute atomic E-state index is 5.83. The van der Waals surface area contributed by atoms with Crippen LogP contribution in [0.1, 0.15) is 29.8 Å². The normalized spacial score (nSPS) is 11.0. The second-order valence-electron chi connectivity index (χ2n) is 6.24. The van der Waals surface area contributed by atoms with Crippen LogP contribution in [0.4, 0.5) is 0 Å². The molecule has 3 rings (SSSR count). The van der Waals surface area contributed by atoms with Gasteiger partial charge in [-0.25, -0.2) is 0 Å². The number of hydrogen-bond donors (Lipinski definition) is 0. The summed E-state index contributed by atoms with van der Waals surface area (Å²) >= 11 is 0. The first-order valence-corrected chi connectivity index (χ1v) is 9.00. The molecule has 2 aromatic carbocycles. The summed E-state index contributed by atoms with van der Waals surface area (Å²) in [6.45, 7) is 4.34. The third-order valence-electron chi connectivity index (χ3n) is 4.37. The van der Waals surface area contributed by atoms with Gasteiger partial charge in [0.05, 0.1) is 27.2 Å². The van der Waals surface area contributed by atoms with Gasteiger partial charge < -0.3 is 13.9 Å². The van der Waals surface area contributed by atoms with Crippen molar-refractivity contribution in [3.8, 4) is 11.5 Å². The van der Waals surface area contributed by atoms with E-state index in [9.17, 15) is 0 Å². The van der Waals surface area contributed by atoms with E-state index in [1.165, 1.54) is 0 Å². The first-order valence-electron chi connectivity index (χ1n) is 9.00. The van der Waals surface area contributed by atoms with Crippen LogP contribution in [-0.2, 0) is 19.5 Å². The van der Waals surface area contributed by atoms with Gasteiger partial charge in [-0.15, -0.1) is 10.2 Å². The van der Waals surface area contributed by atoms with Gasteiger partial charge in [0, 0.05) is 6.54 Å². The lowest BCUT2D eigenvalue weighted by molar-refractivity contribution is 0.240. The average Bonchev–Trinajstić information content (AvgIpc) is 3.14. The Kier molecular flexibility index (Phi) is 6.44. The Bertz CT molecular complexity index is 849. The molecule has 0 unspecified atom stereocenters. The summed E-state index contributed by atoms with van der Waals surface area (Å²) < 4.78 is 16.5. The van der Waals surface area contributed by atoms with Crippen molar-refractivity contribution in [1.29, 1.82) is 0 Å². The van der Waals surface area contributed by atoms with Gasteiger partial charge in [0.2, 0.25) is 11.8 Å². The van der Waals surface area contributed by atoms with Crippen molar-refractivity contribution in [1.82, 2.24) is 15.1 Å². The van der Waals surface area contributed by atoms with Crippen molar-refractivity contribution in [2.24, 2.45) is 0 Å². The Balaban J connectivity index is 1.63. The first kappa shape index (κ1) is 18.9. The minimum absolute atomic E-state index is 0.604. The minimum atomic E-state index is 0.604. The average molecular weight is 367 g/mol. The highest BCUT2D eigenvalue weighted by atomic mass is 16.5. The summed E-state index contributed by atoms with van der Waals surface area (Å²) in [6.07, 6.45) is 0.648. The minimum Gasteiger partial charge on any atom is -0.493 e. The predicted molar refractivity (Wildman–Crippen MR) is 103 cm³/mol. The van der Waals surface area contributed by atoms with E-state index in [1.54, 1.807) is 14.2 Å². The zero-order valence-corrected chi connectivity index (χ0v) is 16.0. The van der Waals surface area contributed by atoms with E-state index >= 15 is 0 Å². The molecule has 27 heavy (non-hydrogen) atoms. The molecule has 0 aliphatic rings. The largest absolute Gasteiger partial charge is 0.493 e. The number of aromatic nitrogens is 2. The van der Waals surface area contributed by atoms with E-state index in [2.05, 4.69) is 34.2 Å². The maximum atomic E-state index is 5.83. The van der Waals surface area contributed by atoms with Crippen molar-refractivity contribution < 1.29 is 13.9 Å². The summed E-state index contributed by atoms with van der Waals surface area (Å²) in [5.74, 6) is 2.72. The Morgan fingerprint density at radius 2 is 1.59 bits per heavy atom. The van der Waals surface area contributed by atoms with Gasteiger partial charge in [-0.1, -0.05) is 43.3 Å². The first-order chi connectivity index (χ1) is 13.2. The van der Waals surface area contributed by atoms with Gasteiger partial charge in [-0.05, 0) is 29.8 Å². The van der Waals surface area contributed by atoms with Gasteiger partial charge in [0.1, 0.15) is 0 Å². The predicted octanol–water partition coefficient (Wildman–Crippen LogP) is 3.70. The van der Waals surface area contributed by atoms with Crippen LogP contribution >= 0.6 is 0 Å². The highest BCUT2D eigenvalue weighted by Gasteiger charge is 2.13. The van der Waals surface area contributed by atoms with E-state index in [1.807, 2.05) is 36.4 Å². The standard InChI is InChI=1S/C21H25N3O3/c1-4-24(14-17-10-11-18(25-2)19(12-17)26-3)15-21-23-22-20(27-21)13-16-8-6-5-7-9-16/h5-12H,4,13-15H2,1-3H3. The van der Waals surface area contributed by atoms with Crippen LogP contribution in [0.5, 0.6) is 11.5 Å². The molecule has 0 fully saturated rings. The van der Waals surface area contributed by atoms with Gasteiger partial charge in [-0.2, -0.15) is 0 Å². The number of benzene rings is 2. The van der Waals surface area contributed by atoms with Gasteiger partial charge in [-0.3, -0.25) is 4.90 Å². The molecule has 0 saturated carbocycles. The number of ether oxygens (including phenoxy) is 2. The molecular formula is C21H25N3O3. The molecule has 0 aliphatic heterocycles. The lowest BCUT2D eigenvalue weighted by Gasteiger charge is -2.19. The second-order valence-corrected chi connectivity index (χ2v) is 6.24. The number of hydrogen-bond acceptors (Lipinski definition) is 6. The molecule has 0 atom stereocenters. The van der Waals surface area contributed by atoms with Crippen LogP contribution in [0, 0.1) is 0 Å². The van der Waals surface area contributed by atoms with Crippen LogP contribution in [0.25, 0.3) is 0 Å². The number of rotatable bonds is 9. The van der Waals surface area contributed by atoms with Crippen molar-refractivity contribution in [3.63, 3.8) is 0 Å². The van der Waals surface area contributed by atoms with E-state index in [-0.39, 0.29) is 0 Å². The van der Waals surface area contributed by atoms with E-state index < -0.39 is 0 Å². The molecule has 1 heterocycles. The van der Waals surface area contributed by atoms with Crippen molar-refractivity contribution in [3.05, 3.63) is 71.4 Å². The molecule has 3 aromatic rings. The molecule has 0 bridgehead atoms. The number of nitrogens with zero attached hydrogens (tertiary/aromatic N) is 3. The molecule has 6 nitrogen and oxygen atoms in total. The van der Waals surface area contributed by atoms with Crippen molar-refractivity contribution >= 4 is 0 Å². The molecule has 0 spiro atoms. The molecule has 0 radical (unpaired) electrons. The van der Waals surface area contributed by atoms with Crippen LogP contribution in [0.2, 0.25) is 0 Å². The molecule has 1 aromatic heterocycles. The van der Waals surface area contributed by atoms with E-state index in [4.69, 9.17) is 13.9 Å². The topological polar surface area (TPSA) is 60.6 Å². The Labute approximate surface area is 159 Å². The second kappa shape index (κ2) is 9.19. The summed E-state index contributed by atoms with van der Waals surface area (Å²) in [5, 5.41) is 8.38. The summed E-state index contributed by atoms with van der Waals surface area (Å²) in [4.78, 5) is 2.24.